The zero-order valence-corrected chi connectivity index (χ0v) is 16.9. The van der Waals surface area contributed by atoms with Gasteiger partial charge in [0.1, 0.15) is 12.1 Å². The van der Waals surface area contributed by atoms with E-state index in [1.54, 1.807) is 0 Å². The van der Waals surface area contributed by atoms with Crippen molar-refractivity contribution >= 4 is 33.4 Å². The van der Waals surface area contributed by atoms with Crippen molar-refractivity contribution in [1.29, 1.82) is 5.26 Å². The second-order valence-electron chi connectivity index (χ2n) is 7.25. The Morgan fingerprint density at radius 1 is 1.14 bits per heavy atom. The van der Waals surface area contributed by atoms with Crippen molar-refractivity contribution in [1.82, 2.24) is 9.62 Å². The number of amides is 2. The van der Waals surface area contributed by atoms with Crippen molar-refractivity contribution in [3.63, 3.8) is 0 Å². The molecular weight excluding hydrogens is 402 g/mol. The largest absolute Gasteiger partial charge is 0.330 e. The molecule has 1 aromatic rings. The summed E-state index contributed by atoms with van der Waals surface area (Å²) in [6.07, 6.45) is 5.90. The number of sulfonamides is 1. The van der Waals surface area contributed by atoms with Gasteiger partial charge < -0.3 is 4.90 Å². The molecule has 1 aliphatic heterocycles. The van der Waals surface area contributed by atoms with Crippen LogP contribution in [0.4, 0.5) is 0 Å². The molecule has 2 fully saturated rings. The maximum atomic E-state index is 12.8. The van der Waals surface area contributed by atoms with Gasteiger partial charge in [0.25, 0.3) is 15.9 Å². The minimum absolute atomic E-state index is 0.00667. The van der Waals surface area contributed by atoms with Gasteiger partial charge in [-0.1, -0.05) is 30.9 Å². The van der Waals surface area contributed by atoms with Gasteiger partial charge in [-0.2, -0.15) is 5.26 Å². The Labute approximate surface area is 169 Å². The van der Waals surface area contributed by atoms with Gasteiger partial charge in [-0.05, 0) is 43.9 Å². The molecule has 1 saturated carbocycles. The highest BCUT2D eigenvalue weighted by atomic mass is 35.5. The third-order valence-electron chi connectivity index (χ3n) is 5.40. The quantitative estimate of drug-likeness (QED) is 0.800. The summed E-state index contributed by atoms with van der Waals surface area (Å²) in [6.45, 7) is 0.468. The van der Waals surface area contributed by atoms with Crippen LogP contribution in [-0.2, 0) is 19.6 Å². The molecule has 3 rings (SSSR count). The van der Waals surface area contributed by atoms with E-state index in [4.69, 9.17) is 16.9 Å². The molecule has 1 aliphatic carbocycles. The van der Waals surface area contributed by atoms with Gasteiger partial charge in [-0.3, -0.25) is 9.59 Å². The Kier molecular flexibility index (Phi) is 6.26. The van der Waals surface area contributed by atoms with Crippen LogP contribution in [0.3, 0.4) is 0 Å². The summed E-state index contributed by atoms with van der Waals surface area (Å²) in [6, 6.07) is 4.71. The number of nitrogens with zero attached hydrogens (tertiary/aromatic N) is 2. The van der Waals surface area contributed by atoms with E-state index in [0.717, 1.165) is 38.2 Å². The first-order chi connectivity index (χ1) is 13.3. The van der Waals surface area contributed by atoms with Crippen LogP contribution in [0.5, 0.6) is 0 Å². The van der Waals surface area contributed by atoms with Crippen LogP contribution in [0.25, 0.3) is 0 Å². The molecule has 9 heteroatoms. The topological polar surface area (TPSA) is 107 Å². The van der Waals surface area contributed by atoms with Gasteiger partial charge >= 0.3 is 0 Å². The Bertz CT molecular complexity index is 920. The lowest BCUT2D eigenvalue weighted by molar-refractivity contribution is -0.141. The first-order valence-corrected chi connectivity index (χ1v) is 11.3. The fourth-order valence-electron chi connectivity index (χ4n) is 3.90. The van der Waals surface area contributed by atoms with E-state index in [-0.39, 0.29) is 27.3 Å². The van der Waals surface area contributed by atoms with E-state index in [1.807, 2.05) is 6.07 Å². The Hall–Kier alpha value is -2.11. The molecule has 150 valence electrons. The van der Waals surface area contributed by atoms with Crippen LogP contribution in [0.2, 0.25) is 5.02 Å². The lowest BCUT2D eigenvalue weighted by Crippen LogP contribution is -2.49. The summed E-state index contributed by atoms with van der Waals surface area (Å²) >= 11 is 5.90. The minimum atomic E-state index is -4.15. The second-order valence-corrected chi connectivity index (χ2v) is 9.34. The van der Waals surface area contributed by atoms with Gasteiger partial charge in [0.15, 0.2) is 0 Å². The molecule has 0 bridgehead atoms. The molecule has 1 heterocycles. The summed E-state index contributed by atoms with van der Waals surface area (Å²) in [5, 5.41) is 8.89. The molecule has 1 N–H and O–H groups in total. The van der Waals surface area contributed by atoms with Crippen molar-refractivity contribution in [3.05, 3.63) is 28.8 Å². The van der Waals surface area contributed by atoms with Crippen molar-refractivity contribution < 1.29 is 18.0 Å². The third-order valence-corrected chi connectivity index (χ3v) is 7.06. The zero-order valence-electron chi connectivity index (χ0n) is 15.4. The normalized spacial score (nSPS) is 20.6. The molecule has 2 amide bonds. The minimum Gasteiger partial charge on any atom is -0.330 e. The smallest absolute Gasteiger partial charge is 0.264 e. The number of likely N-dealkylation sites (tertiary alicyclic amines) is 1. The molecular formula is C19H22ClN3O4S. The highest BCUT2D eigenvalue weighted by Gasteiger charge is 2.38. The maximum absolute atomic E-state index is 12.8. The number of carbonyl (C=O) groups excluding carboxylic acids is 2. The molecule has 0 radical (unpaired) electrons. The Balaban J connectivity index is 1.73. The predicted octanol–water partition coefficient (Wildman–Crippen LogP) is 2.59. The van der Waals surface area contributed by atoms with Crippen LogP contribution >= 0.6 is 11.6 Å². The number of benzene rings is 1. The predicted molar refractivity (Wildman–Crippen MR) is 103 cm³/mol. The van der Waals surface area contributed by atoms with Gasteiger partial charge in [-0.25, -0.2) is 13.1 Å². The fraction of sp³-hybridized carbons (Fsp3) is 0.526. The van der Waals surface area contributed by atoms with Gasteiger partial charge in [0.05, 0.1) is 15.5 Å². The molecule has 7 nitrogen and oxygen atoms in total. The van der Waals surface area contributed by atoms with Gasteiger partial charge in [0, 0.05) is 12.5 Å². The molecule has 28 heavy (non-hydrogen) atoms. The first-order valence-electron chi connectivity index (χ1n) is 9.40. The fourth-order valence-corrected chi connectivity index (χ4v) is 5.23. The third kappa shape index (κ3) is 4.31. The Morgan fingerprint density at radius 3 is 2.50 bits per heavy atom. The van der Waals surface area contributed by atoms with Crippen molar-refractivity contribution in [3.8, 4) is 6.07 Å². The van der Waals surface area contributed by atoms with E-state index < -0.39 is 22.0 Å². The van der Waals surface area contributed by atoms with Crippen LogP contribution in [-0.4, -0.2) is 37.7 Å². The first kappa shape index (κ1) is 20.6. The number of rotatable bonds is 4. The summed E-state index contributed by atoms with van der Waals surface area (Å²) in [4.78, 5) is 26.8. The molecule has 1 atom stereocenters. The number of carbonyl (C=O) groups is 2. The van der Waals surface area contributed by atoms with E-state index in [1.165, 1.54) is 17.0 Å². The van der Waals surface area contributed by atoms with Crippen LogP contribution in [0, 0.1) is 17.2 Å². The summed E-state index contributed by atoms with van der Waals surface area (Å²) in [5.74, 6) is -0.825. The highest BCUT2D eigenvalue weighted by molar-refractivity contribution is 7.90. The Morgan fingerprint density at radius 2 is 1.86 bits per heavy atom. The number of nitrogens with one attached hydrogen (secondary N) is 1. The lowest BCUT2D eigenvalue weighted by atomic mass is 9.88. The number of hydrogen-bond donors (Lipinski definition) is 1. The van der Waals surface area contributed by atoms with Crippen LogP contribution in [0.1, 0.15) is 50.5 Å². The monoisotopic (exact) mass is 423 g/mol. The average molecular weight is 424 g/mol. The molecule has 2 aliphatic rings. The van der Waals surface area contributed by atoms with E-state index in [2.05, 4.69) is 4.72 Å². The summed E-state index contributed by atoms with van der Waals surface area (Å²) in [7, 11) is -4.15. The molecule has 1 aromatic carbocycles. The lowest BCUT2D eigenvalue weighted by Gasteiger charge is -2.29. The van der Waals surface area contributed by atoms with Crippen LogP contribution < -0.4 is 4.72 Å². The zero-order chi connectivity index (χ0) is 20.3. The molecule has 1 unspecified atom stereocenters. The number of nitriles is 1. The molecule has 0 aromatic heterocycles. The second kappa shape index (κ2) is 8.50. The van der Waals surface area contributed by atoms with Crippen LogP contribution in [0.15, 0.2) is 23.1 Å². The SMILES string of the molecule is N#Cc1ccc(S(=O)(=O)NC(=O)C2CCCN2C(=O)C2CCCCC2)cc1Cl. The van der Waals surface area contributed by atoms with E-state index in [0.29, 0.717) is 19.4 Å². The number of hydrogen-bond acceptors (Lipinski definition) is 5. The van der Waals surface area contributed by atoms with E-state index in [9.17, 15) is 18.0 Å². The van der Waals surface area contributed by atoms with E-state index >= 15 is 0 Å². The maximum Gasteiger partial charge on any atom is 0.264 e. The summed E-state index contributed by atoms with van der Waals surface area (Å²) in [5.41, 5.74) is 0.145. The highest BCUT2D eigenvalue weighted by Crippen LogP contribution is 2.29. The van der Waals surface area contributed by atoms with Gasteiger partial charge in [0.2, 0.25) is 5.91 Å². The summed E-state index contributed by atoms with van der Waals surface area (Å²) < 4.78 is 27.2. The number of halogens is 1. The van der Waals surface area contributed by atoms with Crippen molar-refractivity contribution in [2.75, 3.05) is 6.54 Å². The van der Waals surface area contributed by atoms with Gasteiger partial charge in [-0.15, -0.1) is 0 Å². The standard InChI is InChI=1S/C19H22ClN3O4S/c20-16-11-15(9-8-14(16)12-21)28(26,27)22-18(24)17-7-4-10-23(17)19(25)13-5-2-1-3-6-13/h8-9,11,13,17H,1-7,10H2,(H,22,24). The average Bonchev–Trinajstić information content (AvgIpc) is 3.17. The van der Waals surface area contributed by atoms with Crippen molar-refractivity contribution in [2.24, 2.45) is 5.92 Å². The molecule has 1 saturated heterocycles. The van der Waals surface area contributed by atoms with Crippen molar-refractivity contribution in [2.45, 2.75) is 55.9 Å². The molecule has 0 spiro atoms.